The molecule has 0 heterocycles. The number of ether oxygens (including phenoxy) is 2. The molecule has 114 valence electrons. The Morgan fingerprint density at radius 3 is 2.60 bits per heavy atom. The monoisotopic (exact) mass is 344 g/mol. The summed E-state index contributed by atoms with van der Waals surface area (Å²) < 4.78 is 12.1. The third kappa shape index (κ3) is 5.69. The zero-order valence-corrected chi connectivity index (χ0v) is 14.4. The maximum atomic E-state index is 5.69. The third-order valence-electron chi connectivity index (χ3n) is 2.85. The second-order valence-electron chi connectivity index (χ2n) is 4.92. The molecule has 0 aliphatic rings. The van der Waals surface area contributed by atoms with Crippen molar-refractivity contribution in [1.82, 2.24) is 10.2 Å². The van der Waals surface area contributed by atoms with Crippen molar-refractivity contribution in [2.75, 3.05) is 40.9 Å². The summed E-state index contributed by atoms with van der Waals surface area (Å²) in [6.07, 6.45) is 0.981. The van der Waals surface area contributed by atoms with Gasteiger partial charge < -0.3 is 19.7 Å². The van der Waals surface area contributed by atoms with Crippen LogP contribution >= 0.6 is 15.9 Å². The first-order valence-corrected chi connectivity index (χ1v) is 7.72. The van der Waals surface area contributed by atoms with Gasteiger partial charge in [-0.3, -0.25) is 0 Å². The number of halogens is 1. The van der Waals surface area contributed by atoms with E-state index >= 15 is 0 Å². The number of hydrogen-bond donors (Lipinski definition) is 1. The van der Waals surface area contributed by atoms with Crippen molar-refractivity contribution >= 4 is 15.9 Å². The van der Waals surface area contributed by atoms with Crippen molar-refractivity contribution in [3.8, 4) is 11.5 Å². The minimum absolute atomic E-state index is 0.698. The third-order valence-corrected chi connectivity index (χ3v) is 3.58. The van der Waals surface area contributed by atoms with Gasteiger partial charge in [0.1, 0.15) is 0 Å². The van der Waals surface area contributed by atoms with Crippen molar-refractivity contribution in [2.45, 2.75) is 19.9 Å². The first kappa shape index (κ1) is 17.3. The number of benzene rings is 1. The van der Waals surface area contributed by atoms with E-state index in [4.69, 9.17) is 9.47 Å². The van der Waals surface area contributed by atoms with E-state index in [-0.39, 0.29) is 0 Å². The summed E-state index contributed by atoms with van der Waals surface area (Å²) in [5.41, 5.74) is 1.17. The van der Waals surface area contributed by atoms with Crippen molar-refractivity contribution in [3.05, 3.63) is 22.2 Å². The molecule has 0 bridgehead atoms. The molecule has 0 fully saturated rings. The van der Waals surface area contributed by atoms with Crippen LogP contribution < -0.4 is 14.8 Å². The fourth-order valence-electron chi connectivity index (χ4n) is 1.72. The maximum Gasteiger partial charge on any atom is 0.162 e. The molecule has 0 saturated heterocycles. The van der Waals surface area contributed by atoms with Gasteiger partial charge in [0.25, 0.3) is 0 Å². The predicted molar refractivity (Wildman–Crippen MR) is 86.7 cm³/mol. The Hall–Kier alpha value is -0.780. The zero-order valence-electron chi connectivity index (χ0n) is 12.8. The fraction of sp³-hybridized carbons (Fsp3) is 0.600. The highest BCUT2D eigenvalue weighted by Gasteiger charge is 2.10. The highest BCUT2D eigenvalue weighted by molar-refractivity contribution is 9.10. The lowest BCUT2D eigenvalue weighted by atomic mass is 10.2. The summed E-state index contributed by atoms with van der Waals surface area (Å²) in [5.74, 6) is 1.57. The molecule has 1 aromatic rings. The predicted octanol–water partition coefficient (Wildman–Crippen LogP) is 2.90. The van der Waals surface area contributed by atoms with Crippen LogP contribution in [0.1, 0.15) is 18.9 Å². The second-order valence-corrected chi connectivity index (χ2v) is 5.78. The van der Waals surface area contributed by atoms with Crippen LogP contribution in [0.25, 0.3) is 0 Å². The Morgan fingerprint density at radius 2 is 2.00 bits per heavy atom. The van der Waals surface area contributed by atoms with Crippen molar-refractivity contribution in [2.24, 2.45) is 0 Å². The molecule has 0 saturated carbocycles. The molecule has 0 radical (unpaired) electrons. The Labute approximate surface area is 130 Å². The number of nitrogens with zero attached hydrogens (tertiary/aromatic N) is 1. The number of rotatable bonds is 9. The number of likely N-dealkylation sites (N-methyl/N-ethyl adjacent to an activating group) is 1. The molecule has 1 N–H and O–H groups in total. The van der Waals surface area contributed by atoms with E-state index < -0.39 is 0 Å². The summed E-state index contributed by atoms with van der Waals surface area (Å²) in [7, 11) is 5.81. The fourth-order valence-corrected chi connectivity index (χ4v) is 2.19. The van der Waals surface area contributed by atoms with E-state index in [2.05, 4.69) is 47.2 Å². The van der Waals surface area contributed by atoms with Crippen LogP contribution in [0.2, 0.25) is 0 Å². The van der Waals surface area contributed by atoms with E-state index in [9.17, 15) is 0 Å². The van der Waals surface area contributed by atoms with Gasteiger partial charge >= 0.3 is 0 Å². The van der Waals surface area contributed by atoms with Crippen molar-refractivity contribution < 1.29 is 9.47 Å². The summed E-state index contributed by atoms with van der Waals surface area (Å²) in [6.45, 7) is 5.56. The molecule has 1 rings (SSSR count). The number of methoxy groups -OCH3 is 1. The molecule has 5 heteroatoms. The van der Waals surface area contributed by atoms with E-state index in [1.807, 2.05) is 12.1 Å². The second kappa shape index (κ2) is 9.21. The lowest BCUT2D eigenvalue weighted by molar-refractivity contribution is 0.294. The van der Waals surface area contributed by atoms with E-state index in [0.717, 1.165) is 42.0 Å². The lowest BCUT2D eigenvalue weighted by Gasteiger charge is -2.15. The highest BCUT2D eigenvalue weighted by atomic mass is 79.9. The summed E-state index contributed by atoms with van der Waals surface area (Å²) >= 11 is 3.60. The molecule has 4 nitrogen and oxygen atoms in total. The van der Waals surface area contributed by atoms with Crippen LogP contribution in [0.3, 0.4) is 0 Å². The van der Waals surface area contributed by atoms with Crippen LogP contribution in [0.5, 0.6) is 11.5 Å². The van der Waals surface area contributed by atoms with Gasteiger partial charge in [0, 0.05) is 24.1 Å². The van der Waals surface area contributed by atoms with E-state index in [1.54, 1.807) is 7.11 Å². The van der Waals surface area contributed by atoms with Gasteiger partial charge in [-0.2, -0.15) is 0 Å². The van der Waals surface area contributed by atoms with Gasteiger partial charge in [-0.25, -0.2) is 0 Å². The van der Waals surface area contributed by atoms with Gasteiger partial charge in [-0.1, -0.05) is 22.9 Å². The smallest absolute Gasteiger partial charge is 0.162 e. The number of hydrogen-bond acceptors (Lipinski definition) is 4. The summed E-state index contributed by atoms with van der Waals surface area (Å²) in [6, 6.07) is 4.01. The van der Waals surface area contributed by atoms with Gasteiger partial charge in [0.15, 0.2) is 11.5 Å². The minimum atomic E-state index is 0.698. The van der Waals surface area contributed by atoms with E-state index in [1.165, 1.54) is 5.56 Å². The van der Waals surface area contributed by atoms with Gasteiger partial charge in [-0.15, -0.1) is 0 Å². The first-order chi connectivity index (χ1) is 9.58. The van der Waals surface area contributed by atoms with Gasteiger partial charge in [-0.05, 0) is 38.2 Å². The molecule has 0 aliphatic carbocycles. The summed E-state index contributed by atoms with van der Waals surface area (Å²) in [5, 5.41) is 3.42. The zero-order chi connectivity index (χ0) is 15.0. The van der Waals surface area contributed by atoms with Crippen LogP contribution in [0, 0.1) is 0 Å². The maximum absolute atomic E-state index is 5.69. The highest BCUT2D eigenvalue weighted by Crippen LogP contribution is 2.33. The quantitative estimate of drug-likeness (QED) is 0.698. The average Bonchev–Trinajstić information content (AvgIpc) is 2.42. The van der Waals surface area contributed by atoms with Crippen molar-refractivity contribution in [3.63, 3.8) is 0 Å². The molecular weight excluding hydrogens is 320 g/mol. The average molecular weight is 345 g/mol. The van der Waals surface area contributed by atoms with Crippen molar-refractivity contribution in [1.29, 1.82) is 0 Å². The van der Waals surface area contributed by atoms with Gasteiger partial charge in [0.2, 0.25) is 0 Å². The molecule has 0 atom stereocenters. The number of nitrogens with one attached hydrogen (secondary N) is 1. The van der Waals surface area contributed by atoms with Gasteiger partial charge in [0.05, 0.1) is 13.7 Å². The normalized spacial score (nSPS) is 10.9. The molecular formula is C15H25BrN2O2. The molecule has 0 spiro atoms. The van der Waals surface area contributed by atoms with Crippen LogP contribution in [-0.2, 0) is 6.54 Å². The Morgan fingerprint density at radius 1 is 1.25 bits per heavy atom. The molecule has 0 aliphatic heterocycles. The largest absolute Gasteiger partial charge is 0.493 e. The summed E-state index contributed by atoms with van der Waals surface area (Å²) in [4.78, 5) is 2.16. The lowest BCUT2D eigenvalue weighted by Crippen LogP contribution is -2.26. The Kier molecular flexibility index (Phi) is 7.95. The topological polar surface area (TPSA) is 33.7 Å². The van der Waals surface area contributed by atoms with Crippen LogP contribution in [0.15, 0.2) is 16.6 Å². The SMILES string of the molecule is CCCOc1cc(Br)c(CNCCN(C)C)cc1OC. The Balaban J connectivity index is 2.67. The molecule has 1 aromatic carbocycles. The standard InChI is InChI=1S/C15H25BrN2O2/c1-5-8-20-15-10-13(16)12(9-14(15)19-4)11-17-6-7-18(2)3/h9-10,17H,5-8,11H2,1-4H3. The minimum Gasteiger partial charge on any atom is -0.493 e. The van der Waals surface area contributed by atoms with Crippen LogP contribution in [0.4, 0.5) is 0 Å². The molecule has 0 aromatic heterocycles. The molecule has 20 heavy (non-hydrogen) atoms. The van der Waals surface area contributed by atoms with E-state index in [0.29, 0.717) is 6.61 Å². The first-order valence-electron chi connectivity index (χ1n) is 6.93. The van der Waals surface area contributed by atoms with Crippen LogP contribution in [-0.4, -0.2) is 45.8 Å². The molecule has 0 amide bonds. The Bertz CT molecular complexity index is 411. The molecule has 0 unspecified atom stereocenters.